The summed E-state index contributed by atoms with van der Waals surface area (Å²) in [6.45, 7) is 1.92. The number of nitriles is 1. The summed E-state index contributed by atoms with van der Waals surface area (Å²) >= 11 is 0. The third kappa shape index (κ3) is 1.27. The zero-order valence-corrected chi connectivity index (χ0v) is 7.57. The third-order valence-corrected chi connectivity index (χ3v) is 2.02. The molecule has 0 fully saturated rings. The first kappa shape index (κ1) is 8.52. The standard InChI is InChI=1S/C11H7NO2/c1-7-2-3-10-9(4-7)8(6-12)5-11(13)14-10/h2-5H,1H3. The Hall–Kier alpha value is -2.08. The van der Waals surface area contributed by atoms with Crippen molar-refractivity contribution in [3.05, 3.63) is 45.8 Å². The molecule has 1 aromatic heterocycles. The van der Waals surface area contributed by atoms with E-state index in [1.54, 1.807) is 6.07 Å². The molecule has 2 aromatic rings. The second kappa shape index (κ2) is 3.00. The summed E-state index contributed by atoms with van der Waals surface area (Å²) in [6, 6.07) is 8.56. The molecule has 3 heteroatoms. The van der Waals surface area contributed by atoms with Crippen LogP contribution in [0.25, 0.3) is 11.0 Å². The van der Waals surface area contributed by atoms with Crippen LogP contribution < -0.4 is 5.63 Å². The van der Waals surface area contributed by atoms with E-state index in [0.29, 0.717) is 16.5 Å². The molecule has 0 atom stereocenters. The highest BCUT2D eigenvalue weighted by atomic mass is 16.4. The highest BCUT2D eigenvalue weighted by Gasteiger charge is 2.04. The molecule has 2 rings (SSSR count). The van der Waals surface area contributed by atoms with Gasteiger partial charge in [-0.1, -0.05) is 11.6 Å². The fraction of sp³-hybridized carbons (Fsp3) is 0.0909. The molecule has 0 saturated carbocycles. The lowest BCUT2D eigenvalue weighted by molar-refractivity contribution is 0.560. The summed E-state index contributed by atoms with van der Waals surface area (Å²) in [4.78, 5) is 11.0. The van der Waals surface area contributed by atoms with Gasteiger partial charge >= 0.3 is 5.63 Å². The molecule has 0 N–H and O–H groups in total. The van der Waals surface area contributed by atoms with E-state index in [1.807, 2.05) is 25.1 Å². The van der Waals surface area contributed by atoms with Crippen molar-refractivity contribution in [1.29, 1.82) is 5.26 Å². The fourth-order valence-corrected chi connectivity index (χ4v) is 1.37. The third-order valence-electron chi connectivity index (χ3n) is 2.02. The van der Waals surface area contributed by atoms with E-state index >= 15 is 0 Å². The molecule has 0 unspecified atom stereocenters. The van der Waals surface area contributed by atoms with Crippen LogP contribution in [0.4, 0.5) is 0 Å². The summed E-state index contributed by atoms with van der Waals surface area (Å²) in [5.41, 5.74) is 1.36. The van der Waals surface area contributed by atoms with Crippen LogP contribution in [0.2, 0.25) is 0 Å². The molecule has 0 spiro atoms. The maximum Gasteiger partial charge on any atom is 0.337 e. The van der Waals surface area contributed by atoms with Crippen molar-refractivity contribution < 1.29 is 4.42 Å². The Morgan fingerprint density at radius 3 is 2.86 bits per heavy atom. The lowest BCUT2D eigenvalue weighted by Crippen LogP contribution is -1.98. The van der Waals surface area contributed by atoms with Crippen LogP contribution in [0.1, 0.15) is 11.1 Å². The zero-order chi connectivity index (χ0) is 10.1. The Morgan fingerprint density at radius 1 is 1.36 bits per heavy atom. The van der Waals surface area contributed by atoms with Gasteiger partial charge in [-0.3, -0.25) is 0 Å². The summed E-state index contributed by atoms with van der Waals surface area (Å²) in [5.74, 6) is 0. The van der Waals surface area contributed by atoms with Crippen molar-refractivity contribution in [2.75, 3.05) is 0 Å². The normalized spacial score (nSPS) is 10.0. The molecular weight excluding hydrogens is 178 g/mol. The van der Waals surface area contributed by atoms with Gasteiger partial charge in [0.05, 0.1) is 5.56 Å². The van der Waals surface area contributed by atoms with E-state index < -0.39 is 5.63 Å². The molecule has 14 heavy (non-hydrogen) atoms. The number of aryl methyl sites for hydroxylation is 1. The van der Waals surface area contributed by atoms with E-state index in [9.17, 15) is 4.79 Å². The molecule has 0 saturated heterocycles. The van der Waals surface area contributed by atoms with Crippen LogP contribution in [0.3, 0.4) is 0 Å². The second-order valence-corrected chi connectivity index (χ2v) is 3.09. The number of hydrogen-bond acceptors (Lipinski definition) is 3. The number of nitrogens with zero attached hydrogens (tertiary/aromatic N) is 1. The van der Waals surface area contributed by atoms with Gasteiger partial charge in [0.25, 0.3) is 0 Å². The molecule has 0 bridgehead atoms. The summed E-state index contributed by atoms with van der Waals surface area (Å²) < 4.78 is 4.95. The van der Waals surface area contributed by atoms with Gasteiger partial charge in [-0.05, 0) is 19.1 Å². The van der Waals surface area contributed by atoms with Crippen molar-refractivity contribution >= 4 is 11.0 Å². The average Bonchev–Trinajstić information content (AvgIpc) is 2.17. The monoisotopic (exact) mass is 185 g/mol. The molecule has 3 nitrogen and oxygen atoms in total. The minimum absolute atomic E-state index is 0.361. The minimum Gasteiger partial charge on any atom is -0.423 e. The van der Waals surface area contributed by atoms with Crippen LogP contribution in [-0.4, -0.2) is 0 Å². The van der Waals surface area contributed by atoms with Gasteiger partial charge < -0.3 is 4.42 Å². The van der Waals surface area contributed by atoms with Gasteiger partial charge in [-0.25, -0.2) is 4.79 Å². The predicted molar refractivity (Wildman–Crippen MR) is 51.9 cm³/mol. The van der Waals surface area contributed by atoms with Gasteiger partial charge in [0, 0.05) is 11.5 Å². The first-order valence-electron chi connectivity index (χ1n) is 4.15. The zero-order valence-electron chi connectivity index (χ0n) is 7.57. The van der Waals surface area contributed by atoms with Crippen molar-refractivity contribution in [3.8, 4) is 6.07 Å². The molecule has 0 radical (unpaired) electrons. The maximum absolute atomic E-state index is 11.0. The highest BCUT2D eigenvalue weighted by molar-refractivity contribution is 5.83. The number of benzene rings is 1. The molecule has 1 aromatic carbocycles. The van der Waals surface area contributed by atoms with Crippen LogP contribution in [0, 0.1) is 18.3 Å². The maximum atomic E-state index is 11.0. The van der Waals surface area contributed by atoms with Gasteiger partial charge in [0.15, 0.2) is 0 Å². The topological polar surface area (TPSA) is 54.0 Å². The average molecular weight is 185 g/mol. The highest BCUT2D eigenvalue weighted by Crippen LogP contribution is 2.17. The lowest BCUT2D eigenvalue weighted by atomic mass is 10.1. The largest absolute Gasteiger partial charge is 0.423 e. The van der Waals surface area contributed by atoms with E-state index in [-0.39, 0.29) is 0 Å². The molecular formula is C11H7NO2. The van der Waals surface area contributed by atoms with Gasteiger partial charge in [0.1, 0.15) is 11.7 Å². The van der Waals surface area contributed by atoms with Crippen molar-refractivity contribution in [1.82, 2.24) is 0 Å². The van der Waals surface area contributed by atoms with E-state index in [4.69, 9.17) is 9.68 Å². The Labute approximate surface area is 80.2 Å². The first-order valence-corrected chi connectivity index (χ1v) is 4.15. The summed E-state index contributed by atoms with van der Waals surface area (Å²) in [7, 11) is 0. The Balaban J connectivity index is 2.98. The quantitative estimate of drug-likeness (QED) is 0.589. The van der Waals surface area contributed by atoms with Crippen LogP contribution >= 0.6 is 0 Å². The summed E-state index contributed by atoms with van der Waals surface area (Å²) in [6.07, 6.45) is 0. The van der Waals surface area contributed by atoms with Crippen molar-refractivity contribution in [2.45, 2.75) is 6.92 Å². The van der Waals surface area contributed by atoms with Crippen molar-refractivity contribution in [2.24, 2.45) is 0 Å². The Morgan fingerprint density at radius 2 is 2.14 bits per heavy atom. The predicted octanol–water partition coefficient (Wildman–Crippen LogP) is 1.97. The summed E-state index contributed by atoms with van der Waals surface area (Å²) in [5, 5.41) is 9.51. The van der Waals surface area contributed by atoms with Crippen molar-refractivity contribution in [3.63, 3.8) is 0 Å². The lowest BCUT2D eigenvalue weighted by Gasteiger charge is -1.98. The Bertz CT molecular complexity index is 590. The molecule has 68 valence electrons. The van der Waals surface area contributed by atoms with Gasteiger partial charge in [-0.2, -0.15) is 5.26 Å². The Kier molecular flexibility index (Phi) is 1.83. The van der Waals surface area contributed by atoms with E-state index in [1.165, 1.54) is 6.07 Å². The fourth-order valence-electron chi connectivity index (χ4n) is 1.37. The molecule has 0 aliphatic carbocycles. The van der Waals surface area contributed by atoms with Crippen LogP contribution in [-0.2, 0) is 0 Å². The minimum atomic E-state index is -0.488. The number of fused-ring (bicyclic) bond motifs is 1. The SMILES string of the molecule is Cc1ccc2oc(=O)cc(C#N)c2c1. The molecule has 0 aliphatic rings. The second-order valence-electron chi connectivity index (χ2n) is 3.09. The van der Waals surface area contributed by atoms with Crippen LogP contribution in [0.15, 0.2) is 33.5 Å². The van der Waals surface area contributed by atoms with E-state index in [0.717, 1.165) is 5.56 Å². The molecule has 0 amide bonds. The number of hydrogen-bond donors (Lipinski definition) is 0. The van der Waals surface area contributed by atoms with Crippen LogP contribution in [0.5, 0.6) is 0 Å². The smallest absolute Gasteiger partial charge is 0.337 e. The molecule has 0 aliphatic heterocycles. The van der Waals surface area contributed by atoms with E-state index in [2.05, 4.69) is 0 Å². The van der Waals surface area contributed by atoms with Gasteiger partial charge in [0.2, 0.25) is 0 Å². The first-order chi connectivity index (χ1) is 6.70. The number of rotatable bonds is 0. The molecule has 1 heterocycles. The van der Waals surface area contributed by atoms with Gasteiger partial charge in [-0.15, -0.1) is 0 Å².